The average Bonchev–Trinajstić information content (AvgIpc) is 2.74. The third-order valence-corrected chi connectivity index (χ3v) is 3.04. The molecule has 3 atom stereocenters. The van der Waals surface area contributed by atoms with Crippen molar-refractivity contribution >= 4 is 13.4 Å². The van der Waals surface area contributed by atoms with Crippen LogP contribution in [-0.4, -0.2) is 33.8 Å². The fourth-order valence-electron chi connectivity index (χ4n) is 1.57. The van der Waals surface area contributed by atoms with Crippen LogP contribution in [0.2, 0.25) is 0 Å². The van der Waals surface area contributed by atoms with Crippen LogP contribution in [0.1, 0.15) is 6.23 Å². The van der Waals surface area contributed by atoms with Crippen LogP contribution in [0.4, 0.5) is 5.82 Å². The number of rotatable bonds is 4. The predicted octanol–water partition coefficient (Wildman–Crippen LogP) is 0.111. The fourth-order valence-corrected chi connectivity index (χ4v) is 2.00. The smallest absolute Gasteiger partial charge is 0.351 e. The van der Waals surface area contributed by atoms with Gasteiger partial charge in [0.1, 0.15) is 11.9 Å². The summed E-state index contributed by atoms with van der Waals surface area (Å²) in [5.74, 6) is 0.135. The SMILES string of the molecule is CP(=O)(O)OC[C@@H]1C=C[C@H](n2ccc(N)nc2=O)O1. The molecule has 0 spiro atoms. The summed E-state index contributed by atoms with van der Waals surface area (Å²) in [6.45, 7) is 1.03. The molecule has 19 heavy (non-hydrogen) atoms. The molecular formula is C10H14N3O5P. The Kier molecular flexibility index (Phi) is 3.86. The van der Waals surface area contributed by atoms with E-state index in [0.717, 1.165) is 6.66 Å². The van der Waals surface area contributed by atoms with Crippen LogP contribution in [0.25, 0.3) is 0 Å². The highest BCUT2D eigenvalue weighted by Gasteiger charge is 2.23. The van der Waals surface area contributed by atoms with Gasteiger partial charge in [0.15, 0.2) is 6.23 Å². The van der Waals surface area contributed by atoms with Gasteiger partial charge in [-0.2, -0.15) is 4.98 Å². The minimum absolute atomic E-state index is 0.0611. The topological polar surface area (TPSA) is 117 Å². The molecule has 0 aliphatic carbocycles. The van der Waals surface area contributed by atoms with E-state index in [4.69, 9.17) is 19.9 Å². The van der Waals surface area contributed by atoms with Gasteiger partial charge in [-0.25, -0.2) is 4.79 Å². The van der Waals surface area contributed by atoms with Gasteiger partial charge in [0.2, 0.25) is 0 Å². The Labute approximate surface area is 109 Å². The molecule has 104 valence electrons. The Morgan fingerprint density at radius 2 is 2.37 bits per heavy atom. The van der Waals surface area contributed by atoms with Gasteiger partial charge in [0, 0.05) is 12.9 Å². The van der Waals surface area contributed by atoms with Crippen LogP contribution >= 0.6 is 7.60 Å². The van der Waals surface area contributed by atoms with Crippen LogP contribution in [0.5, 0.6) is 0 Å². The van der Waals surface area contributed by atoms with E-state index in [9.17, 15) is 9.36 Å². The number of anilines is 1. The highest BCUT2D eigenvalue weighted by Crippen LogP contribution is 2.37. The molecule has 0 radical (unpaired) electrons. The van der Waals surface area contributed by atoms with Crippen molar-refractivity contribution in [1.82, 2.24) is 9.55 Å². The lowest BCUT2D eigenvalue weighted by Gasteiger charge is -2.16. The molecule has 0 saturated heterocycles. The Hall–Kier alpha value is -1.47. The van der Waals surface area contributed by atoms with E-state index < -0.39 is 25.6 Å². The van der Waals surface area contributed by atoms with Crippen molar-refractivity contribution in [3.8, 4) is 0 Å². The van der Waals surface area contributed by atoms with Gasteiger partial charge < -0.3 is 19.9 Å². The lowest BCUT2D eigenvalue weighted by molar-refractivity contribution is -0.00675. The van der Waals surface area contributed by atoms with Gasteiger partial charge in [0.05, 0.1) is 6.61 Å². The van der Waals surface area contributed by atoms with Crippen LogP contribution in [-0.2, 0) is 13.8 Å². The van der Waals surface area contributed by atoms with E-state index in [1.54, 1.807) is 12.2 Å². The maximum atomic E-state index is 11.6. The molecule has 1 aliphatic heterocycles. The fraction of sp³-hybridized carbons (Fsp3) is 0.400. The number of aromatic nitrogens is 2. The second kappa shape index (κ2) is 5.26. The molecular weight excluding hydrogens is 273 g/mol. The highest BCUT2D eigenvalue weighted by atomic mass is 31.2. The van der Waals surface area contributed by atoms with Gasteiger partial charge in [-0.3, -0.25) is 9.13 Å². The minimum Gasteiger partial charge on any atom is -0.383 e. The Morgan fingerprint density at radius 1 is 1.63 bits per heavy atom. The average molecular weight is 287 g/mol. The summed E-state index contributed by atoms with van der Waals surface area (Å²) in [4.78, 5) is 24.2. The van der Waals surface area contributed by atoms with Crippen LogP contribution in [0.3, 0.4) is 0 Å². The number of hydrogen-bond donors (Lipinski definition) is 2. The van der Waals surface area contributed by atoms with E-state index >= 15 is 0 Å². The minimum atomic E-state index is -3.54. The number of nitrogens with two attached hydrogens (primary N) is 1. The zero-order valence-corrected chi connectivity index (χ0v) is 11.1. The van der Waals surface area contributed by atoms with Crippen molar-refractivity contribution in [3.63, 3.8) is 0 Å². The predicted molar refractivity (Wildman–Crippen MR) is 67.7 cm³/mol. The molecule has 8 nitrogen and oxygen atoms in total. The number of ether oxygens (including phenoxy) is 1. The molecule has 1 aromatic rings. The van der Waals surface area contributed by atoms with Crippen molar-refractivity contribution < 1.29 is 18.7 Å². The summed E-state index contributed by atoms with van der Waals surface area (Å²) >= 11 is 0. The van der Waals surface area contributed by atoms with Crippen LogP contribution in [0, 0.1) is 0 Å². The molecule has 0 aromatic carbocycles. The molecule has 0 bridgehead atoms. The maximum absolute atomic E-state index is 11.6. The van der Waals surface area contributed by atoms with Crippen LogP contribution < -0.4 is 11.4 Å². The van der Waals surface area contributed by atoms with Crippen molar-refractivity contribution in [3.05, 3.63) is 34.9 Å². The molecule has 0 fully saturated rings. The summed E-state index contributed by atoms with van der Waals surface area (Å²) in [7, 11) is -3.54. The molecule has 9 heteroatoms. The second-order valence-electron chi connectivity index (χ2n) is 4.09. The summed E-state index contributed by atoms with van der Waals surface area (Å²) in [6, 6.07) is 1.48. The van der Waals surface area contributed by atoms with Crippen molar-refractivity contribution in [2.75, 3.05) is 19.0 Å². The Morgan fingerprint density at radius 3 is 3.00 bits per heavy atom. The summed E-state index contributed by atoms with van der Waals surface area (Å²) in [5, 5.41) is 0. The zero-order chi connectivity index (χ0) is 14.0. The van der Waals surface area contributed by atoms with Crippen molar-refractivity contribution in [2.45, 2.75) is 12.3 Å². The van der Waals surface area contributed by atoms with Gasteiger partial charge in [-0.1, -0.05) is 6.08 Å². The Bertz CT molecular complexity index is 593. The first-order chi connectivity index (χ1) is 8.85. The first-order valence-corrected chi connectivity index (χ1v) is 7.51. The monoisotopic (exact) mass is 287 g/mol. The Balaban J connectivity index is 2.01. The van der Waals surface area contributed by atoms with E-state index in [-0.39, 0.29) is 12.4 Å². The molecule has 3 N–H and O–H groups in total. The van der Waals surface area contributed by atoms with Gasteiger partial charge >= 0.3 is 13.3 Å². The van der Waals surface area contributed by atoms with Gasteiger partial charge in [-0.05, 0) is 12.1 Å². The number of nitrogens with zero attached hydrogens (tertiary/aromatic N) is 2. The lowest BCUT2D eigenvalue weighted by atomic mass is 10.4. The zero-order valence-electron chi connectivity index (χ0n) is 10.2. The van der Waals surface area contributed by atoms with Gasteiger partial charge in [0.25, 0.3) is 0 Å². The van der Waals surface area contributed by atoms with E-state index in [2.05, 4.69) is 4.98 Å². The molecule has 2 heterocycles. The van der Waals surface area contributed by atoms with E-state index in [0.29, 0.717) is 0 Å². The van der Waals surface area contributed by atoms with Crippen molar-refractivity contribution in [1.29, 1.82) is 0 Å². The molecule has 1 aliphatic rings. The quantitative estimate of drug-likeness (QED) is 0.596. The largest absolute Gasteiger partial charge is 0.383 e. The number of hydrogen-bond acceptors (Lipinski definition) is 6. The third kappa shape index (κ3) is 3.74. The summed E-state index contributed by atoms with van der Waals surface area (Å²) in [5.41, 5.74) is 4.86. The first kappa shape index (κ1) is 14.0. The third-order valence-electron chi connectivity index (χ3n) is 2.41. The maximum Gasteiger partial charge on any atom is 0.351 e. The first-order valence-electron chi connectivity index (χ1n) is 5.48. The molecule has 1 aromatic heterocycles. The van der Waals surface area contributed by atoms with Gasteiger partial charge in [-0.15, -0.1) is 0 Å². The molecule has 0 saturated carbocycles. The van der Waals surface area contributed by atoms with E-state index in [1.807, 2.05) is 0 Å². The highest BCUT2D eigenvalue weighted by molar-refractivity contribution is 7.51. The van der Waals surface area contributed by atoms with Crippen LogP contribution in [0.15, 0.2) is 29.2 Å². The summed E-state index contributed by atoms with van der Waals surface area (Å²) in [6.07, 6.45) is 3.66. The molecule has 0 amide bonds. The standard InChI is InChI=1S/C10H14N3O5P/c1-19(15,16)17-6-7-2-3-9(18-7)13-5-4-8(11)12-10(13)14/h2-5,7,9H,6H2,1H3,(H,15,16)(H2,11,12,14)/t7-,9+/m0/s1. The molecule has 1 unspecified atom stereocenters. The van der Waals surface area contributed by atoms with Crippen molar-refractivity contribution in [2.24, 2.45) is 0 Å². The van der Waals surface area contributed by atoms with E-state index in [1.165, 1.54) is 16.8 Å². The molecule has 2 rings (SSSR count). The normalized spacial score (nSPS) is 25.4. The number of nitrogen functional groups attached to an aromatic ring is 1. The lowest BCUT2D eigenvalue weighted by Crippen LogP contribution is -2.28. The second-order valence-corrected chi connectivity index (χ2v) is 5.96. The summed E-state index contributed by atoms with van der Waals surface area (Å²) < 4.78 is 22.5.